The second-order valence-electron chi connectivity index (χ2n) is 4.49. The van der Waals surface area contributed by atoms with Gasteiger partial charge in [0.05, 0.1) is 19.9 Å². The van der Waals surface area contributed by atoms with E-state index in [9.17, 15) is 4.79 Å². The lowest BCUT2D eigenvalue weighted by atomic mass is 10.2. The standard InChI is InChI=1S/C14H14N4O2/c1-17-13(19)11-8-15-18(12(11)16-14(17)20-2)9-10-6-4-3-5-7-10/h3-8H,9H2,1-2H3. The first-order chi connectivity index (χ1) is 9.70. The molecule has 0 saturated carbocycles. The van der Waals surface area contributed by atoms with Crippen LogP contribution in [0.1, 0.15) is 5.56 Å². The van der Waals surface area contributed by atoms with Crippen LogP contribution in [0.15, 0.2) is 41.3 Å². The molecule has 0 N–H and O–H groups in total. The molecule has 2 heterocycles. The highest BCUT2D eigenvalue weighted by molar-refractivity contribution is 5.73. The Morgan fingerprint density at radius 1 is 1.25 bits per heavy atom. The number of hydrogen-bond acceptors (Lipinski definition) is 4. The van der Waals surface area contributed by atoms with Crippen molar-refractivity contribution in [3.63, 3.8) is 0 Å². The Morgan fingerprint density at radius 3 is 2.70 bits per heavy atom. The molecular formula is C14H14N4O2. The molecular weight excluding hydrogens is 256 g/mol. The zero-order chi connectivity index (χ0) is 14.1. The topological polar surface area (TPSA) is 61.9 Å². The molecule has 20 heavy (non-hydrogen) atoms. The Balaban J connectivity index is 2.14. The van der Waals surface area contributed by atoms with Gasteiger partial charge in [-0.2, -0.15) is 10.1 Å². The molecule has 0 aliphatic heterocycles. The number of ether oxygens (including phenoxy) is 1. The van der Waals surface area contributed by atoms with Gasteiger partial charge in [-0.15, -0.1) is 0 Å². The first-order valence-corrected chi connectivity index (χ1v) is 6.21. The van der Waals surface area contributed by atoms with Gasteiger partial charge in [0.15, 0.2) is 5.65 Å². The Labute approximate surface area is 115 Å². The SMILES string of the molecule is COc1nc2c(cnn2Cc2ccccc2)c(=O)n1C. The number of aromatic nitrogens is 4. The number of fused-ring (bicyclic) bond motifs is 1. The second-order valence-corrected chi connectivity index (χ2v) is 4.49. The summed E-state index contributed by atoms with van der Waals surface area (Å²) in [5.74, 6) is 0. The Kier molecular flexibility index (Phi) is 2.98. The van der Waals surface area contributed by atoms with E-state index in [0.717, 1.165) is 5.56 Å². The summed E-state index contributed by atoms with van der Waals surface area (Å²) in [6.45, 7) is 0.563. The monoisotopic (exact) mass is 270 g/mol. The van der Waals surface area contributed by atoms with Crippen LogP contribution in [0.2, 0.25) is 0 Å². The van der Waals surface area contributed by atoms with Gasteiger partial charge in [-0.3, -0.25) is 9.36 Å². The summed E-state index contributed by atoms with van der Waals surface area (Å²) in [5, 5.41) is 4.74. The molecule has 102 valence electrons. The second kappa shape index (κ2) is 4.80. The molecule has 2 aromatic heterocycles. The smallest absolute Gasteiger partial charge is 0.300 e. The lowest BCUT2D eigenvalue weighted by molar-refractivity contribution is 0.358. The summed E-state index contributed by atoms with van der Waals surface area (Å²) in [7, 11) is 3.12. The fourth-order valence-corrected chi connectivity index (χ4v) is 2.14. The van der Waals surface area contributed by atoms with Crippen molar-refractivity contribution < 1.29 is 4.74 Å². The van der Waals surface area contributed by atoms with Crippen LogP contribution in [0.4, 0.5) is 0 Å². The van der Waals surface area contributed by atoms with Crippen LogP contribution in [0.25, 0.3) is 11.0 Å². The maximum absolute atomic E-state index is 12.2. The van der Waals surface area contributed by atoms with Gasteiger partial charge in [-0.25, -0.2) is 4.68 Å². The van der Waals surface area contributed by atoms with Gasteiger partial charge in [0.25, 0.3) is 5.56 Å². The van der Waals surface area contributed by atoms with Crippen LogP contribution in [0.3, 0.4) is 0 Å². The van der Waals surface area contributed by atoms with Crippen LogP contribution in [-0.2, 0) is 13.6 Å². The predicted octanol–water partition coefficient (Wildman–Crippen LogP) is 1.19. The van der Waals surface area contributed by atoms with Gasteiger partial charge in [-0.1, -0.05) is 30.3 Å². The highest BCUT2D eigenvalue weighted by atomic mass is 16.5. The molecule has 0 bridgehead atoms. The minimum Gasteiger partial charge on any atom is -0.468 e. The highest BCUT2D eigenvalue weighted by Gasteiger charge is 2.13. The lowest BCUT2D eigenvalue weighted by Gasteiger charge is -2.07. The van der Waals surface area contributed by atoms with E-state index in [0.29, 0.717) is 17.6 Å². The van der Waals surface area contributed by atoms with Crippen LogP contribution < -0.4 is 10.3 Å². The molecule has 3 rings (SSSR count). The summed E-state index contributed by atoms with van der Waals surface area (Å²) in [5.41, 5.74) is 1.47. The Hall–Kier alpha value is -2.63. The normalized spacial score (nSPS) is 10.9. The molecule has 0 aliphatic carbocycles. The van der Waals surface area contributed by atoms with Gasteiger partial charge in [-0.05, 0) is 5.56 Å². The van der Waals surface area contributed by atoms with Crippen molar-refractivity contribution in [3.05, 3.63) is 52.4 Å². The van der Waals surface area contributed by atoms with E-state index >= 15 is 0 Å². The molecule has 1 aromatic carbocycles. The van der Waals surface area contributed by atoms with Crippen molar-refractivity contribution in [1.29, 1.82) is 0 Å². The lowest BCUT2D eigenvalue weighted by Crippen LogP contribution is -2.20. The zero-order valence-corrected chi connectivity index (χ0v) is 11.3. The maximum atomic E-state index is 12.2. The van der Waals surface area contributed by atoms with Crippen molar-refractivity contribution in [2.45, 2.75) is 6.54 Å². The van der Waals surface area contributed by atoms with Gasteiger partial charge >= 0.3 is 6.01 Å². The summed E-state index contributed by atoms with van der Waals surface area (Å²) < 4.78 is 8.19. The first-order valence-electron chi connectivity index (χ1n) is 6.21. The average Bonchev–Trinajstić information content (AvgIpc) is 2.87. The van der Waals surface area contributed by atoms with Gasteiger partial charge in [0.2, 0.25) is 0 Å². The van der Waals surface area contributed by atoms with Crippen LogP contribution in [0.5, 0.6) is 6.01 Å². The molecule has 0 fully saturated rings. The molecule has 0 aliphatic rings. The van der Waals surface area contributed by atoms with E-state index in [-0.39, 0.29) is 11.6 Å². The largest absolute Gasteiger partial charge is 0.468 e. The summed E-state index contributed by atoms with van der Waals surface area (Å²) in [4.78, 5) is 16.5. The van der Waals surface area contributed by atoms with Crippen molar-refractivity contribution in [2.24, 2.45) is 7.05 Å². The maximum Gasteiger partial charge on any atom is 0.300 e. The molecule has 0 radical (unpaired) electrons. The molecule has 0 spiro atoms. The van der Waals surface area contributed by atoms with E-state index in [2.05, 4.69) is 10.1 Å². The van der Waals surface area contributed by atoms with Crippen LogP contribution in [-0.4, -0.2) is 26.4 Å². The number of hydrogen-bond donors (Lipinski definition) is 0. The first kappa shape index (κ1) is 12.4. The molecule has 0 unspecified atom stereocenters. The predicted molar refractivity (Wildman–Crippen MR) is 74.9 cm³/mol. The molecule has 0 saturated heterocycles. The minimum atomic E-state index is -0.161. The van der Waals surface area contributed by atoms with Gasteiger partial charge in [0, 0.05) is 7.05 Å². The molecule has 0 amide bonds. The fraction of sp³-hybridized carbons (Fsp3) is 0.214. The third-order valence-electron chi connectivity index (χ3n) is 3.19. The van der Waals surface area contributed by atoms with Crippen molar-refractivity contribution >= 4 is 11.0 Å². The van der Waals surface area contributed by atoms with E-state index in [1.807, 2.05) is 30.3 Å². The zero-order valence-electron chi connectivity index (χ0n) is 11.3. The van der Waals surface area contributed by atoms with E-state index in [4.69, 9.17) is 4.74 Å². The van der Waals surface area contributed by atoms with Gasteiger partial charge < -0.3 is 4.74 Å². The van der Waals surface area contributed by atoms with Crippen LogP contribution in [0, 0.1) is 0 Å². The van der Waals surface area contributed by atoms with Crippen molar-refractivity contribution in [3.8, 4) is 6.01 Å². The Bertz CT molecular complexity index is 805. The molecule has 6 heteroatoms. The number of nitrogens with zero attached hydrogens (tertiary/aromatic N) is 4. The summed E-state index contributed by atoms with van der Waals surface area (Å²) in [6, 6.07) is 10.2. The average molecular weight is 270 g/mol. The van der Waals surface area contributed by atoms with Gasteiger partial charge in [0.1, 0.15) is 5.39 Å². The molecule has 0 atom stereocenters. The summed E-state index contributed by atoms with van der Waals surface area (Å²) in [6.07, 6.45) is 1.55. The van der Waals surface area contributed by atoms with Crippen molar-refractivity contribution in [1.82, 2.24) is 19.3 Å². The van der Waals surface area contributed by atoms with Crippen LogP contribution >= 0.6 is 0 Å². The van der Waals surface area contributed by atoms with Crippen molar-refractivity contribution in [2.75, 3.05) is 7.11 Å². The Morgan fingerprint density at radius 2 is 2.00 bits per heavy atom. The number of rotatable bonds is 3. The molecule has 3 aromatic rings. The summed E-state index contributed by atoms with van der Waals surface area (Å²) >= 11 is 0. The van der Waals surface area contributed by atoms with E-state index in [1.165, 1.54) is 11.7 Å². The minimum absolute atomic E-state index is 0.161. The highest BCUT2D eigenvalue weighted by Crippen LogP contribution is 2.13. The molecule has 6 nitrogen and oxygen atoms in total. The third-order valence-corrected chi connectivity index (χ3v) is 3.19. The van der Waals surface area contributed by atoms with E-state index in [1.54, 1.807) is 17.9 Å². The third kappa shape index (κ3) is 1.95. The quantitative estimate of drug-likeness (QED) is 0.717. The fourth-order valence-electron chi connectivity index (χ4n) is 2.14. The van der Waals surface area contributed by atoms with E-state index < -0.39 is 0 Å². The number of methoxy groups -OCH3 is 1. The number of benzene rings is 1.